The van der Waals surface area contributed by atoms with E-state index < -0.39 is 5.97 Å². The fourth-order valence-electron chi connectivity index (χ4n) is 3.42. The van der Waals surface area contributed by atoms with Crippen molar-refractivity contribution >= 4 is 29.2 Å². The summed E-state index contributed by atoms with van der Waals surface area (Å²) in [6.45, 7) is 2.83. The molecule has 0 atom stereocenters. The lowest BCUT2D eigenvalue weighted by atomic mass is 10.2. The summed E-state index contributed by atoms with van der Waals surface area (Å²) in [5, 5.41) is 8.46. The zero-order valence-corrected chi connectivity index (χ0v) is 20.8. The Hall–Kier alpha value is -4.58. The molecule has 0 aliphatic carbocycles. The Balaban J connectivity index is 1.32. The minimum Gasteiger partial charge on any atom is -0.494 e. The van der Waals surface area contributed by atoms with Gasteiger partial charge in [0.05, 0.1) is 29.2 Å². The molecule has 0 spiro atoms. The first-order valence-electron chi connectivity index (χ1n) is 12.4. The van der Waals surface area contributed by atoms with Crippen LogP contribution in [-0.4, -0.2) is 18.8 Å². The van der Waals surface area contributed by atoms with E-state index in [1.54, 1.807) is 42.6 Å². The molecule has 37 heavy (non-hydrogen) atoms. The molecule has 0 saturated heterocycles. The van der Waals surface area contributed by atoms with Gasteiger partial charge in [0, 0.05) is 6.21 Å². The Kier molecular flexibility index (Phi) is 9.30. The zero-order chi connectivity index (χ0) is 25.7. The topological polar surface area (TPSA) is 72.6 Å². The first-order valence-corrected chi connectivity index (χ1v) is 12.4. The van der Waals surface area contributed by atoms with E-state index in [1.807, 2.05) is 66.7 Å². The van der Waals surface area contributed by atoms with E-state index in [1.165, 1.54) is 0 Å². The number of azo groups is 1. The van der Waals surface area contributed by atoms with Crippen LogP contribution in [0.3, 0.4) is 0 Å². The number of ether oxygens (including phenoxy) is 2. The van der Waals surface area contributed by atoms with Crippen LogP contribution in [0.25, 0.3) is 0 Å². The number of rotatable bonds is 11. The number of aliphatic imine (C=N–C) groups is 1. The number of nitrogens with zero attached hydrogens (tertiary/aromatic N) is 3. The quantitative estimate of drug-likeness (QED) is 0.0693. The highest BCUT2D eigenvalue weighted by Gasteiger charge is 2.09. The van der Waals surface area contributed by atoms with Gasteiger partial charge in [0.15, 0.2) is 0 Å². The molecular formula is C31H29N3O3. The maximum atomic E-state index is 12.6. The molecule has 0 saturated carbocycles. The molecule has 0 fully saturated rings. The van der Waals surface area contributed by atoms with Gasteiger partial charge in [-0.3, -0.25) is 4.99 Å². The van der Waals surface area contributed by atoms with Gasteiger partial charge in [-0.2, -0.15) is 10.2 Å². The average molecular weight is 492 g/mol. The van der Waals surface area contributed by atoms with Crippen LogP contribution in [0.4, 0.5) is 17.1 Å². The Morgan fingerprint density at radius 1 is 0.730 bits per heavy atom. The fraction of sp³-hybridized carbons (Fsp3) is 0.161. The molecule has 6 heteroatoms. The number of hydrogen-bond donors (Lipinski definition) is 0. The van der Waals surface area contributed by atoms with E-state index in [9.17, 15) is 4.79 Å². The molecule has 186 valence electrons. The fourth-order valence-corrected chi connectivity index (χ4v) is 3.42. The Morgan fingerprint density at radius 2 is 1.43 bits per heavy atom. The lowest BCUT2D eigenvalue weighted by Crippen LogP contribution is -2.08. The van der Waals surface area contributed by atoms with Gasteiger partial charge in [-0.25, -0.2) is 4.79 Å². The maximum Gasteiger partial charge on any atom is 0.343 e. The van der Waals surface area contributed by atoms with Crippen LogP contribution in [0.2, 0.25) is 0 Å². The van der Waals surface area contributed by atoms with Gasteiger partial charge in [0.25, 0.3) is 0 Å². The summed E-state index contributed by atoms with van der Waals surface area (Å²) in [5.74, 6) is 0.774. The third-order valence-electron chi connectivity index (χ3n) is 5.42. The highest BCUT2D eigenvalue weighted by molar-refractivity contribution is 5.91. The van der Waals surface area contributed by atoms with Crippen LogP contribution in [0, 0.1) is 0 Å². The predicted molar refractivity (Wildman–Crippen MR) is 147 cm³/mol. The number of esters is 1. The summed E-state index contributed by atoms with van der Waals surface area (Å²) in [5.41, 5.74) is 3.60. The second-order valence-electron chi connectivity index (χ2n) is 8.35. The van der Waals surface area contributed by atoms with Gasteiger partial charge in [-0.1, -0.05) is 50.1 Å². The number of benzene rings is 4. The van der Waals surface area contributed by atoms with Crippen molar-refractivity contribution in [3.05, 3.63) is 114 Å². The normalized spacial score (nSPS) is 11.2. The Morgan fingerprint density at radius 3 is 2.16 bits per heavy atom. The molecule has 4 aromatic carbocycles. The van der Waals surface area contributed by atoms with Gasteiger partial charge in [-0.15, -0.1) is 0 Å². The van der Waals surface area contributed by atoms with Gasteiger partial charge in [0.2, 0.25) is 0 Å². The van der Waals surface area contributed by atoms with Crippen molar-refractivity contribution in [2.24, 2.45) is 15.2 Å². The Bertz CT molecular complexity index is 1330. The van der Waals surface area contributed by atoms with Crippen molar-refractivity contribution in [1.82, 2.24) is 0 Å². The van der Waals surface area contributed by atoms with Gasteiger partial charge < -0.3 is 9.47 Å². The molecule has 0 radical (unpaired) electrons. The lowest BCUT2D eigenvalue weighted by molar-refractivity contribution is 0.0734. The summed E-state index contributed by atoms with van der Waals surface area (Å²) in [6.07, 6.45) is 5.04. The molecule has 0 aliphatic heterocycles. The number of hydrogen-bond acceptors (Lipinski definition) is 6. The van der Waals surface area contributed by atoms with E-state index in [-0.39, 0.29) is 0 Å². The molecular weight excluding hydrogens is 462 g/mol. The monoisotopic (exact) mass is 491 g/mol. The van der Waals surface area contributed by atoms with Gasteiger partial charge in [-0.05, 0) is 84.8 Å². The molecule has 0 amide bonds. The van der Waals surface area contributed by atoms with E-state index in [0.29, 0.717) is 17.9 Å². The van der Waals surface area contributed by atoms with Crippen molar-refractivity contribution in [3.63, 3.8) is 0 Å². The highest BCUT2D eigenvalue weighted by atomic mass is 16.5. The van der Waals surface area contributed by atoms with Crippen LogP contribution < -0.4 is 9.47 Å². The molecule has 4 aromatic rings. The number of carbonyl (C=O) groups is 1. The van der Waals surface area contributed by atoms with Crippen molar-refractivity contribution in [2.45, 2.75) is 26.2 Å². The molecule has 0 aliphatic rings. The van der Waals surface area contributed by atoms with E-state index in [2.05, 4.69) is 22.1 Å². The first kappa shape index (κ1) is 25.5. The maximum absolute atomic E-state index is 12.6. The van der Waals surface area contributed by atoms with Crippen molar-refractivity contribution in [3.8, 4) is 11.5 Å². The van der Waals surface area contributed by atoms with E-state index >= 15 is 0 Å². The summed E-state index contributed by atoms with van der Waals surface area (Å²) in [7, 11) is 0. The molecule has 0 bridgehead atoms. The van der Waals surface area contributed by atoms with Crippen molar-refractivity contribution in [1.29, 1.82) is 0 Å². The van der Waals surface area contributed by atoms with Crippen LogP contribution in [-0.2, 0) is 0 Å². The third-order valence-corrected chi connectivity index (χ3v) is 5.42. The first-order chi connectivity index (χ1) is 18.2. The van der Waals surface area contributed by atoms with Crippen molar-refractivity contribution in [2.75, 3.05) is 6.61 Å². The van der Waals surface area contributed by atoms with Crippen LogP contribution >= 0.6 is 0 Å². The van der Waals surface area contributed by atoms with E-state index in [4.69, 9.17) is 9.47 Å². The largest absolute Gasteiger partial charge is 0.494 e. The molecule has 6 nitrogen and oxygen atoms in total. The zero-order valence-electron chi connectivity index (χ0n) is 20.8. The van der Waals surface area contributed by atoms with Gasteiger partial charge in [0.1, 0.15) is 11.5 Å². The molecule has 0 aromatic heterocycles. The second kappa shape index (κ2) is 13.5. The summed E-state index contributed by atoms with van der Waals surface area (Å²) >= 11 is 0. The summed E-state index contributed by atoms with van der Waals surface area (Å²) in [4.78, 5) is 17.1. The van der Waals surface area contributed by atoms with Crippen molar-refractivity contribution < 1.29 is 14.3 Å². The highest BCUT2D eigenvalue weighted by Crippen LogP contribution is 2.22. The minimum atomic E-state index is -0.424. The molecule has 4 rings (SSSR count). The Labute approximate surface area is 217 Å². The molecule has 0 heterocycles. The summed E-state index contributed by atoms with van der Waals surface area (Å²) < 4.78 is 11.3. The second-order valence-corrected chi connectivity index (χ2v) is 8.35. The number of unbranched alkanes of at least 4 members (excludes halogenated alkanes) is 2. The van der Waals surface area contributed by atoms with Crippen LogP contribution in [0.5, 0.6) is 11.5 Å². The van der Waals surface area contributed by atoms with Crippen LogP contribution in [0.15, 0.2) is 118 Å². The smallest absolute Gasteiger partial charge is 0.343 e. The number of carbonyl (C=O) groups excluding carboxylic acids is 1. The third kappa shape index (κ3) is 8.25. The molecule has 0 unspecified atom stereocenters. The molecule has 0 N–H and O–H groups in total. The van der Waals surface area contributed by atoms with E-state index in [0.717, 1.165) is 47.6 Å². The standard InChI is InChI=1S/C31H29N3O3/c1-2-3-7-21-36-29-19-13-25(14-20-29)31(35)37-30-12-8-9-24(22-30)23-32-26-15-17-28(18-16-26)34-33-27-10-5-4-6-11-27/h4-6,8-20,22-23H,2-3,7,21H2,1H3. The summed E-state index contributed by atoms with van der Waals surface area (Å²) in [6, 6.07) is 31.3. The van der Waals surface area contributed by atoms with Crippen LogP contribution in [0.1, 0.15) is 42.1 Å². The lowest BCUT2D eigenvalue weighted by Gasteiger charge is -2.08. The predicted octanol–water partition coefficient (Wildman–Crippen LogP) is 8.64. The average Bonchev–Trinajstić information content (AvgIpc) is 2.95. The minimum absolute atomic E-state index is 0.424. The van der Waals surface area contributed by atoms with Gasteiger partial charge >= 0.3 is 5.97 Å². The SMILES string of the molecule is CCCCCOc1ccc(C(=O)Oc2cccc(C=Nc3ccc(N=Nc4ccccc4)cc3)c2)cc1.